The molecule has 1 unspecified atom stereocenters. The van der Waals surface area contributed by atoms with Gasteiger partial charge in [-0.1, -0.05) is 59.8 Å². The molecule has 186 valence electrons. The molecule has 0 spiro atoms. The fraction of sp³-hybridized carbons (Fsp3) is 0.148. The molecule has 5 aromatic rings. The lowest BCUT2D eigenvalue weighted by Crippen LogP contribution is -2.26. The summed E-state index contributed by atoms with van der Waals surface area (Å²) in [5, 5.41) is 15.9. The van der Waals surface area contributed by atoms with E-state index in [4.69, 9.17) is 11.6 Å². The minimum Gasteiger partial charge on any atom is -0.344 e. The number of carbonyl (C=O) groups excluding carboxylic acids is 1. The maximum absolute atomic E-state index is 12.8. The Balaban J connectivity index is 1.36. The number of aryl methyl sites for hydroxylation is 1. The minimum atomic E-state index is -0.193. The molecule has 0 saturated heterocycles. The van der Waals surface area contributed by atoms with Gasteiger partial charge in [-0.3, -0.25) is 14.3 Å². The van der Waals surface area contributed by atoms with E-state index in [1.54, 1.807) is 17.8 Å². The SMILES string of the molecule is Cc1ccc(Cl)cc1-n1c(SCc2nc(C(=O)NC(C)c3ccccc3)cs2)nnc1-c1ccncc1. The van der Waals surface area contributed by atoms with Crippen LogP contribution in [0.2, 0.25) is 5.02 Å². The second-order valence-corrected chi connectivity index (χ2v) is 10.7. The van der Waals surface area contributed by atoms with Crippen LogP contribution < -0.4 is 5.32 Å². The van der Waals surface area contributed by atoms with Gasteiger partial charge in [0.2, 0.25) is 0 Å². The van der Waals surface area contributed by atoms with E-state index < -0.39 is 0 Å². The summed E-state index contributed by atoms with van der Waals surface area (Å²) >= 11 is 9.31. The molecule has 1 amide bonds. The molecule has 0 radical (unpaired) electrons. The van der Waals surface area contributed by atoms with E-state index >= 15 is 0 Å². The third-order valence-corrected chi connectivity index (χ3v) is 7.95. The molecule has 37 heavy (non-hydrogen) atoms. The predicted octanol–water partition coefficient (Wildman–Crippen LogP) is 6.53. The molecular formula is C27H23ClN6OS2. The van der Waals surface area contributed by atoms with E-state index in [-0.39, 0.29) is 11.9 Å². The Morgan fingerprint density at radius 3 is 2.68 bits per heavy atom. The summed E-state index contributed by atoms with van der Waals surface area (Å²) in [7, 11) is 0. The van der Waals surface area contributed by atoms with Crippen molar-refractivity contribution in [3.8, 4) is 17.1 Å². The second kappa shape index (κ2) is 11.2. The fourth-order valence-electron chi connectivity index (χ4n) is 3.80. The van der Waals surface area contributed by atoms with Crippen LogP contribution in [-0.4, -0.2) is 30.6 Å². The molecule has 0 aliphatic carbocycles. The Morgan fingerprint density at radius 2 is 1.89 bits per heavy atom. The molecule has 2 aromatic carbocycles. The largest absolute Gasteiger partial charge is 0.344 e. The number of amides is 1. The van der Waals surface area contributed by atoms with Crippen molar-refractivity contribution in [2.45, 2.75) is 30.8 Å². The number of pyridine rings is 1. The third kappa shape index (κ3) is 5.74. The van der Waals surface area contributed by atoms with E-state index in [1.807, 2.05) is 79.1 Å². The molecule has 0 bridgehead atoms. The normalized spacial score (nSPS) is 11.9. The second-order valence-electron chi connectivity index (χ2n) is 8.33. The van der Waals surface area contributed by atoms with Gasteiger partial charge in [-0.05, 0) is 49.2 Å². The summed E-state index contributed by atoms with van der Waals surface area (Å²) in [4.78, 5) is 21.5. The zero-order valence-electron chi connectivity index (χ0n) is 20.1. The van der Waals surface area contributed by atoms with Crippen LogP contribution in [0.15, 0.2) is 83.6 Å². The summed E-state index contributed by atoms with van der Waals surface area (Å²) in [6.07, 6.45) is 3.46. The van der Waals surface area contributed by atoms with Crippen LogP contribution in [0.25, 0.3) is 17.1 Å². The summed E-state index contributed by atoms with van der Waals surface area (Å²) in [6.45, 7) is 3.99. The molecule has 0 aliphatic rings. The average Bonchev–Trinajstić information content (AvgIpc) is 3.57. The summed E-state index contributed by atoms with van der Waals surface area (Å²) in [5.41, 5.74) is 4.30. The number of nitrogens with zero attached hydrogens (tertiary/aromatic N) is 5. The van der Waals surface area contributed by atoms with Gasteiger partial charge < -0.3 is 5.32 Å². The lowest BCUT2D eigenvalue weighted by atomic mass is 10.1. The number of hydrogen-bond acceptors (Lipinski definition) is 7. The number of thiazole rings is 1. The Labute approximate surface area is 228 Å². The highest BCUT2D eigenvalue weighted by Crippen LogP contribution is 2.32. The number of benzene rings is 2. The van der Waals surface area contributed by atoms with E-state index in [0.717, 1.165) is 27.4 Å². The van der Waals surface area contributed by atoms with Crippen LogP contribution in [-0.2, 0) is 5.75 Å². The smallest absolute Gasteiger partial charge is 0.271 e. The van der Waals surface area contributed by atoms with Crippen molar-refractivity contribution in [3.63, 3.8) is 0 Å². The molecule has 0 fully saturated rings. The van der Waals surface area contributed by atoms with Crippen LogP contribution in [0.5, 0.6) is 0 Å². The van der Waals surface area contributed by atoms with Crippen molar-refractivity contribution in [1.82, 2.24) is 30.0 Å². The van der Waals surface area contributed by atoms with Gasteiger partial charge in [-0.25, -0.2) is 4.98 Å². The molecule has 7 nitrogen and oxygen atoms in total. The maximum atomic E-state index is 12.8. The Hall–Kier alpha value is -3.53. The Morgan fingerprint density at radius 1 is 1.11 bits per heavy atom. The third-order valence-electron chi connectivity index (χ3n) is 5.74. The summed E-state index contributed by atoms with van der Waals surface area (Å²) in [6, 6.07) is 19.3. The molecule has 1 N–H and O–H groups in total. The van der Waals surface area contributed by atoms with Gasteiger partial charge in [0.25, 0.3) is 5.91 Å². The standard InChI is InChI=1S/C27H23ClN6OS2/c1-17-8-9-21(28)14-23(17)34-25(20-10-12-29-13-11-20)32-33-27(34)37-16-24-31-22(15-36-24)26(35)30-18(2)19-6-4-3-5-7-19/h3-15,18H,16H2,1-2H3,(H,30,35). The van der Waals surface area contributed by atoms with E-state index in [1.165, 1.54) is 23.1 Å². The zero-order chi connectivity index (χ0) is 25.8. The van der Waals surface area contributed by atoms with Crippen molar-refractivity contribution in [2.75, 3.05) is 0 Å². The quantitative estimate of drug-likeness (QED) is 0.223. The van der Waals surface area contributed by atoms with Crippen molar-refractivity contribution in [3.05, 3.63) is 105 Å². The van der Waals surface area contributed by atoms with E-state index in [2.05, 4.69) is 25.5 Å². The number of hydrogen-bond donors (Lipinski definition) is 1. The Bertz CT molecular complexity index is 1520. The lowest BCUT2D eigenvalue weighted by Gasteiger charge is -2.13. The van der Waals surface area contributed by atoms with Crippen LogP contribution in [0.3, 0.4) is 0 Å². The van der Waals surface area contributed by atoms with Crippen molar-refractivity contribution >= 4 is 40.6 Å². The van der Waals surface area contributed by atoms with Gasteiger partial charge in [0.05, 0.1) is 17.5 Å². The summed E-state index contributed by atoms with van der Waals surface area (Å²) in [5.74, 6) is 1.05. The predicted molar refractivity (Wildman–Crippen MR) is 148 cm³/mol. The first kappa shape index (κ1) is 25.1. The van der Waals surface area contributed by atoms with Gasteiger partial charge in [0, 0.05) is 28.4 Å². The number of rotatable bonds is 8. The van der Waals surface area contributed by atoms with E-state index in [9.17, 15) is 4.79 Å². The van der Waals surface area contributed by atoms with Gasteiger partial charge in [0.15, 0.2) is 11.0 Å². The van der Waals surface area contributed by atoms with Crippen molar-refractivity contribution in [1.29, 1.82) is 0 Å². The zero-order valence-corrected chi connectivity index (χ0v) is 22.5. The number of thioether (sulfide) groups is 1. The van der Waals surface area contributed by atoms with Gasteiger partial charge in [-0.2, -0.15) is 0 Å². The van der Waals surface area contributed by atoms with Crippen molar-refractivity contribution < 1.29 is 4.79 Å². The van der Waals surface area contributed by atoms with Gasteiger partial charge in [0.1, 0.15) is 10.7 Å². The van der Waals surface area contributed by atoms with Crippen LogP contribution in [0.4, 0.5) is 0 Å². The molecule has 0 saturated carbocycles. The highest BCUT2D eigenvalue weighted by molar-refractivity contribution is 7.98. The first-order valence-corrected chi connectivity index (χ1v) is 13.8. The Kier molecular flexibility index (Phi) is 7.64. The molecular weight excluding hydrogens is 524 g/mol. The van der Waals surface area contributed by atoms with Crippen LogP contribution in [0, 0.1) is 6.92 Å². The van der Waals surface area contributed by atoms with Gasteiger partial charge >= 0.3 is 0 Å². The highest BCUT2D eigenvalue weighted by atomic mass is 35.5. The van der Waals surface area contributed by atoms with Crippen molar-refractivity contribution in [2.24, 2.45) is 0 Å². The van der Waals surface area contributed by atoms with Gasteiger partial charge in [-0.15, -0.1) is 21.5 Å². The maximum Gasteiger partial charge on any atom is 0.271 e. The average molecular weight is 547 g/mol. The summed E-state index contributed by atoms with van der Waals surface area (Å²) < 4.78 is 2.00. The number of carbonyl (C=O) groups is 1. The number of nitrogens with one attached hydrogen (secondary N) is 1. The number of halogens is 1. The molecule has 3 aromatic heterocycles. The molecule has 10 heteroatoms. The topological polar surface area (TPSA) is 85.6 Å². The van der Waals surface area contributed by atoms with E-state index in [0.29, 0.717) is 27.5 Å². The molecule has 3 heterocycles. The van der Waals surface area contributed by atoms with Crippen LogP contribution >= 0.6 is 34.7 Å². The molecule has 0 aliphatic heterocycles. The fourth-order valence-corrected chi connectivity index (χ4v) is 5.70. The minimum absolute atomic E-state index is 0.112. The first-order valence-electron chi connectivity index (χ1n) is 11.5. The van der Waals surface area contributed by atoms with Crippen LogP contribution in [0.1, 0.15) is 39.6 Å². The number of aromatic nitrogens is 5. The molecule has 5 rings (SSSR count). The monoisotopic (exact) mass is 546 g/mol. The highest BCUT2D eigenvalue weighted by Gasteiger charge is 2.20. The lowest BCUT2D eigenvalue weighted by molar-refractivity contribution is 0.0935. The molecule has 1 atom stereocenters. The first-order chi connectivity index (χ1) is 18.0.